The van der Waals surface area contributed by atoms with Crippen LogP contribution < -0.4 is 5.32 Å². The summed E-state index contributed by atoms with van der Waals surface area (Å²) < 4.78 is 5.78. The maximum Gasteiger partial charge on any atom is 0.0826 e. The number of ether oxygens (including phenoxy) is 1. The topological polar surface area (TPSA) is 44.7 Å². The molecule has 0 amide bonds. The molecule has 118 valence electrons. The Labute approximate surface area is 123 Å². The van der Waals surface area contributed by atoms with Crippen molar-refractivity contribution in [2.75, 3.05) is 39.3 Å². The lowest BCUT2D eigenvalue weighted by molar-refractivity contribution is -0.0356. The zero-order valence-electron chi connectivity index (χ0n) is 13.2. The Kier molecular flexibility index (Phi) is 6.27. The van der Waals surface area contributed by atoms with Crippen molar-refractivity contribution >= 4 is 0 Å². The molecule has 0 aromatic rings. The SMILES string of the molecule is CCC1CCC(O)(CNCC2CN(CC)CCO2)CC1. The molecule has 1 unspecified atom stereocenters. The predicted molar refractivity (Wildman–Crippen MR) is 81.9 cm³/mol. The van der Waals surface area contributed by atoms with Gasteiger partial charge in [0.05, 0.1) is 18.3 Å². The van der Waals surface area contributed by atoms with Crippen LogP contribution in [0.1, 0.15) is 46.0 Å². The highest BCUT2D eigenvalue weighted by Crippen LogP contribution is 2.33. The summed E-state index contributed by atoms with van der Waals surface area (Å²) in [6.45, 7) is 10.0. The average Bonchev–Trinajstić information content (AvgIpc) is 2.48. The fourth-order valence-electron chi connectivity index (χ4n) is 3.46. The maximum absolute atomic E-state index is 10.6. The minimum absolute atomic E-state index is 0.277. The fourth-order valence-corrected chi connectivity index (χ4v) is 3.46. The van der Waals surface area contributed by atoms with Gasteiger partial charge < -0.3 is 15.2 Å². The minimum Gasteiger partial charge on any atom is -0.389 e. The first-order valence-corrected chi connectivity index (χ1v) is 8.42. The first-order chi connectivity index (χ1) is 9.65. The molecule has 0 bridgehead atoms. The summed E-state index contributed by atoms with van der Waals surface area (Å²) in [5.74, 6) is 0.829. The molecule has 0 aromatic heterocycles. The van der Waals surface area contributed by atoms with E-state index in [2.05, 4.69) is 24.1 Å². The first-order valence-electron chi connectivity index (χ1n) is 8.42. The van der Waals surface area contributed by atoms with E-state index in [1.165, 1.54) is 19.3 Å². The molecule has 4 heteroatoms. The van der Waals surface area contributed by atoms with Crippen molar-refractivity contribution in [3.8, 4) is 0 Å². The highest BCUT2D eigenvalue weighted by molar-refractivity contribution is 4.87. The van der Waals surface area contributed by atoms with Crippen molar-refractivity contribution in [3.05, 3.63) is 0 Å². The molecule has 1 aliphatic carbocycles. The van der Waals surface area contributed by atoms with Crippen LogP contribution in [0, 0.1) is 5.92 Å². The number of likely N-dealkylation sites (N-methyl/N-ethyl adjacent to an activating group) is 1. The van der Waals surface area contributed by atoms with Crippen molar-refractivity contribution < 1.29 is 9.84 Å². The molecule has 1 aliphatic heterocycles. The third kappa shape index (κ3) is 4.69. The summed E-state index contributed by atoms with van der Waals surface area (Å²) >= 11 is 0. The molecular weight excluding hydrogens is 252 g/mol. The molecule has 1 heterocycles. The van der Waals surface area contributed by atoms with Crippen molar-refractivity contribution in [3.63, 3.8) is 0 Å². The number of nitrogens with zero attached hydrogens (tertiary/aromatic N) is 1. The second-order valence-electron chi connectivity index (χ2n) is 6.59. The van der Waals surface area contributed by atoms with Gasteiger partial charge >= 0.3 is 0 Å². The summed E-state index contributed by atoms with van der Waals surface area (Å²) in [6, 6.07) is 0. The summed E-state index contributed by atoms with van der Waals surface area (Å²) in [7, 11) is 0. The van der Waals surface area contributed by atoms with E-state index in [0.717, 1.165) is 58.1 Å². The molecular formula is C16H32N2O2. The smallest absolute Gasteiger partial charge is 0.0826 e. The van der Waals surface area contributed by atoms with E-state index in [-0.39, 0.29) is 6.10 Å². The third-order valence-electron chi connectivity index (χ3n) is 5.11. The first kappa shape index (κ1) is 16.2. The molecule has 0 spiro atoms. The normalized spacial score (nSPS) is 36.1. The van der Waals surface area contributed by atoms with Gasteiger partial charge in [-0.05, 0) is 38.1 Å². The molecule has 2 fully saturated rings. The van der Waals surface area contributed by atoms with Gasteiger partial charge in [-0.25, -0.2) is 0 Å². The molecule has 1 atom stereocenters. The highest BCUT2D eigenvalue weighted by Gasteiger charge is 2.32. The van der Waals surface area contributed by atoms with Crippen LogP contribution in [0.25, 0.3) is 0 Å². The maximum atomic E-state index is 10.6. The van der Waals surface area contributed by atoms with Crippen LogP contribution in [0.2, 0.25) is 0 Å². The van der Waals surface area contributed by atoms with E-state index in [4.69, 9.17) is 4.74 Å². The Morgan fingerprint density at radius 2 is 2.05 bits per heavy atom. The molecule has 20 heavy (non-hydrogen) atoms. The number of rotatable bonds is 6. The van der Waals surface area contributed by atoms with Gasteiger partial charge in [0.1, 0.15) is 0 Å². The lowest BCUT2D eigenvalue weighted by atomic mass is 9.78. The average molecular weight is 284 g/mol. The van der Waals surface area contributed by atoms with Gasteiger partial charge in [0.15, 0.2) is 0 Å². The standard InChI is InChI=1S/C16H32N2O2/c1-3-14-5-7-16(19,8-6-14)13-17-11-15-12-18(4-2)9-10-20-15/h14-15,17,19H,3-13H2,1-2H3. The van der Waals surface area contributed by atoms with Gasteiger partial charge in [0, 0.05) is 26.2 Å². The van der Waals surface area contributed by atoms with Crippen LogP contribution in [-0.2, 0) is 4.74 Å². The lowest BCUT2D eigenvalue weighted by Crippen LogP contribution is -2.50. The van der Waals surface area contributed by atoms with Crippen LogP contribution in [0.3, 0.4) is 0 Å². The predicted octanol–water partition coefficient (Wildman–Crippen LogP) is 1.63. The Hall–Kier alpha value is -0.160. The highest BCUT2D eigenvalue weighted by atomic mass is 16.5. The Morgan fingerprint density at radius 1 is 1.30 bits per heavy atom. The molecule has 0 aromatic carbocycles. The second-order valence-corrected chi connectivity index (χ2v) is 6.59. The fraction of sp³-hybridized carbons (Fsp3) is 1.00. The van der Waals surface area contributed by atoms with Crippen molar-refractivity contribution in [2.24, 2.45) is 5.92 Å². The molecule has 1 saturated heterocycles. The molecule has 2 aliphatic rings. The van der Waals surface area contributed by atoms with Gasteiger partial charge in [0.25, 0.3) is 0 Å². The number of morpholine rings is 1. The minimum atomic E-state index is -0.481. The Morgan fingerprint density at radius 3 is 2.70 bits per heavy atom. The molecule has 4 nitrogen and oxygen atoms in total. The summed E-state index contributed by atoms with van der Waals surface area (Å²) in [5, 5.41) is 14.0. The Balaban J connectivity index is 1.65. The number of hydrogen-bond acceptors (Lipinski definition) is 4. The van der Waals surface area contributed by atoms with Gasteiger partial charge in [-0.1, -0.05) is 20.3 Å². The van der Waals surface area contributed by atoms with E-state index >= 15 is 0 Å². The number of aliphatic hydroxyl groups is 1. The number of nitrogens with one attached hydrogen (secondary N) is 1. The van der Waals surface area contributed by atoms with Crippen LogP contribution in [0.4, 0.5) is 0 Å². The van der Waals surface area contributed by atoms with E-state index in [1.807, 2.05) is 0 Å². The third-order valence-corrected chi connectivity index (χ3v) is 5.11. The summed E-state index contributed by atoms with van der Waals surface area (Å²) in [4.78, 5) is 2.43. The van der Waals surface area contributed by atoms with Crippen molar-refractivity contribution in [2.45, 2.75) is 57.7 Å². The van der Waals surface area contributed by atoms with Gasteiger partial charge in [-0.3, -0.25) is 4.90 Å². The van der Waals surface area contributed by atoms with Gasteiger partial charge in [-0.15, -0.1) is 0 Å². The molecule has 2 N–H and O–H groups in total. The monoisotopic (exact) mass is 284 g/mol. The van der Waals surface area contributed by atoms with Crippen molar-refractivity contribution in [1.82, 2.24) is 10.2 Å². The van der Waals surface area contributed by atoms with E-state index in [9.17, 15) is 5.11 Å². The van der Waals surface area contributed by atoms with Gasteiger partial charge in [-0.2, -0.15) is 0 Å². The molecule has 2 rings (SSSR count). The Bertz CT molecular complexity index is 278. The van der Waals surface area contributed by atoms with E-state index in [1.54, 1.807) is 0 Å². The number of hydrogen-bond donors (Lipinski definition) is 2. The summed E-state index contributed by atoms with van der Waals surface area (Å²) in [5.41, 5.74) is -0.481. The van der Waals surface area contributed by atoms with Crippen molar-refractivity contribution in [1.29, 1.82) is 0 Å². The molecule has 1 saturated carbocycles. The second kappa shape index (κ2) is 7.74. The van der Waals surface area contributed by atoms with Crippen LogP contribution in [0.5, 0.6) is 0 Å². The zero-order valence-corrected chi connectivity index (χ0v) is 13.2. The zero-order chi connectivity index (χ0) is 14.4. The quantitative estimate of drug-likeness (QED) is 0.778. The van der Waals surface area contributed by atoms with Crippen LogP contribution in [-0.4, -0.2) is 61.0 Å². The van der Waals surface area contributed by atoms with E-state index in [0.29, 0.717) is 0 Å². The van der Waals surface area contributed by atoms with Crippen LogP contribution >= 0.6 is 0 Å². The van der Waals surface area contributed by atoms with Gasteiger partial charge in [0.2, 0.25) is 0 Å². The van der Waals surface area contributed by atoms with Crippen LogP contribution in [0.15, 0.2) is 0 Å². The summed E-state index contributed by atoms with van der Waals surface area (Å²) in [6.07, 6.45) is 5.79. The van der Waals surface area contributed by atoms with E-state index < -0.39 is 5.60 Å². The lowest BCUT2D eigenvalue weighted by Gasteiger charge is -2.37. The largest absolute Gasteiger partial charge is 0.389 e. The molecule has 0 radical (unpaired) electrons.